The van der Waals surface area contributed by atoms with E-state index in [0.717, 1.165) is 11.4 Å². The molecule has 0 radical (unpaired) electrons. The highest BCUT2D eigenvalue weighted by atomic mass is 15.1. The summed E-state index contributed by atoms with van der Waals surface area (Å²) in [5, 5.41) is 4.95. The molecule has 0 N–H and O–H groups in total. The lowest BCUT2D eigenvalue weighted by atomic mass is 9.81. The molecule has 1 aliphatic carbocycles. The summed E-state index contributed by atoms with van der Waals surface area (Å²) >= 11 is 0. The van der Waals surface area contributed by atoms with Gasteiger partial charge in [-0.25, -0.2) is 0 Å². The Morgan fingerprint density at radius 1 is 0.375 bits per heavy atom. The van der Waals surface area contributed by atoms with Gasteiger partial charge in [-0.05, 0) is 97.1 Å². The van der Waals surface area contributed by atoms with Gasteiger partial charge in [0.2, 0.25) is 0 Å². The summed E-state index contributed by atoms with van der Waals surface area (Å²) in [5.41, 5.74) is 13.7. The van der Waals surface area contributed by atoms with Gasteiger partial charge in [-0.15, -0.1) is 0 Å². The molecule has 8 aromatic rings. The zero-order valence-electron chi connectivity index (χ0n) is 27.2. The average molecular weight is 614 g/mol. The van der Waals surface area contributed by atoms with Crippen LogP contribution in [0.15, 0.2) is 176 Å². The van der Waals surface area contributed by atoms with Gasteiger partial charge < -0.3 is 4.90 Å². The topological polar surface area (TPSA) is 3.24 Å². The lowest BCUT2D eigenvalue weighted by molar-refractivity contribution is 0.660. The van der Waals surface area contributed by atoms with E-state index in [2.05, 4.69) is 195 Å². The Balaban J connectivity index is 1.15. The minimum Gasteiger partial charge on any atom is -0.310 e. The van der Waals surface area contributed by atoms with Crippen LogP contribution >= 0.6 is 0 Å². The first-order chi connectivity index (χ1) is 23.5. The van der Waals surface area contributed by atoms with Crippen molar-refractivity contribution in [3.8, 4) is 33.4 Å². The largest absolute Gasteiger partial charge is 0.310 e. The molecule has 1 aliphatic rings. The number of nitrogens with zero attached hydrogens (tertiary/aromatic N) is 1. The summed E-state index contributed by atoms with van der Waals surface area (Å²) < 4.78 is 0. The quantitative estimate of drug-likeness (QED) is 0.187. The summed E-state index contributed by atoms with van der Waals surface area (Å²) in [6.07, 6.45) is 0. The predicted octanol–water partition coefficient (Wildman–Crippen LogP) is 13.1. The summed E-state index contributed by atoms with van der Waals surface area (Å²) in [6, 6.07) is 64.4. The van der Waals surface area contributed by atoms with Crippen molar-refractivity contribution in [2.45, 2.75) is 19.3 Å². The summed E-state index contributed by atoms with van der Waals surface area (Å²) in [5.74, 6) is 0. The second-order valence-electron chi connectivity index (χ2n) is 13.4. The summed E-state index contributed by atoms with van der Waals surface area (Å²) in [6.45, 7) is 4.75. The molecule has 0 fully saturated rings. The monoisotopic (exact) mass is 613 g/mol. The molecule has 1 nitrogen and oxygen atoms in total. The first kappa shape index (κ1) is 28.3. The van der Waals surface area contributed by atoms with E-state index in [1.165, 1.54) is 71.7 Å². The van der Waals surface area contributed by atoms with E-state index in [0.29, 0.717) is 0 Å². The van der Waals surface area contributed by atoms with E-state index in [4.69, 9.17) is 0 Å². The van der Waals surface area contributed by atoms with E-state index >= 15 is 0 Å². The highest BCUT2D eigenvalue weighted by Crippen LogP contribution is 2.52. The van der Waals surface area contributed by atoms with Crippen LogP contribution in [0.1, 0.15) is 25.0 Å². The van der Waals surface area contributed by atoms with Gasteiger partial charge in [0.25, 0.3) is 0 Å². The third-order valence-corrected chi connectivity index (χ3v) is 10.2. The fourth-order valence-corrected chi connectivity index (χ4v) is 7.68. The Bertz CT molecular complexity index is 2460. The Hall–Kier alpha value is -5.92. The van der Waals surface area contributed by atoms with Crippen molar-refractivity contribution in [3.63, 3.8) is 0 Å². The van der Waals surface area contributed by atoms with Crippen molar-refractivity contribution in [1.29, 1.82) is 0 Å². The van der Waals surface area contributed by atoms with E-state index in [1.807, 2.05) is 0 Å². The van der Waals surface area contributed by atoms with Gasteiger partial charge in [0.15, 0.2) is 0 Å². The maximum absolute atomic E-state index is 2.44. The second kappa shape index (κ2) is 11.1. The highest BCUT2D eigenvalue weighted by Gasteiger charge is 2.36. The molecular weight excluding hydrogens is 579 g/mol. The van der Waals surface area contributed by atoms with Crippen molar-refractivity contribution in [3.05, 3.63) is 187 Å². The molecule has 0 heterocycles. The number of benzene rings is 8. The van der Waals surface area contributed by atoms with Crippen molar-refractivity contribution in [2.75, 3.05) is 4.90 Å². The molecule has 0 amide bonds. The fourth-order valence-electron chi connectivity index (χ4n) is 7.68. The first-order valence-electron chi connectivity index (χ1n) is 16.8. The van der Waals surface area contributed by atoms with Gasteiger partial charge in [-0.3, -0.25) is 0 Å². The van der Waals surface area contributed by atoms with Crippen LogP contribution in [0.5, 0.6) is 0 Å². The SMILES string of the molecule is CC1(C)c2cc(-c3ccc(-c4ccccc4)cc3)ccc2-c2ccc(N(c3ccc4ccccc4c3)c3cccc4ccccc34)cc21. The van der Waals surface area contributed by atoms with Crippen LogP contribution in [0.2, 0.25) is 0 Å². The Morgan fingerprint density at radius 3 is 1.71 bits per heavy atom. The first-order valence-corrected chi connectivity index (χ1v) is 16.8. The predicted molar refractivity (Wildman–Crippen MR) is 205 cm³/mol. The number of hydrogen-bond donors (Lipinski definition) is 0. The normalized spacial score (nSPS) is 13.0. The minimum absolute atomic E-state index is 0.158. The number of anilines is 3. The van der Waals surface area contributed by atoms with Gasteiger partial charge in [0.1, 0.15) is 0 Å². The molecule has 0 bridgehead atoms. The number of hydrogen-bond acceptors (Lipinski definition) is 1. The molecule has 0 atom stereocenters. The molecule has 0 spiro atoms. The van der Waals surface area contributed by atoms with Crippen molar-refractivity contribution in [2.24, 2.45) is 0 Å². The third-order valence-electron chi connectivity index (χ3n) is 10.2. The molecule has 0 aliphatic heterocycles. The van der Waals surface area contributed by atoms with E-state index in [1.54, 1.807) is 0 Å². The van der Waals surface area contributed by atoms with E-state index in [-0.39, 0.29) is 5.41 Å². The molecular formula is C47H35N. The average Bonchev–Trinajstić information content (AvgIpc) is 3.37. The molecule has 0 saturated heterocycles. The smallest absolute Gasteiger partial charge is 0.0540 e. The van der Waals surface area contributed by atoms with Gasteiger partial charge in [-0.1, -0.05) is 153 Å². The Morgan fingerprint density at radius 2 is 0.917 bits per heavy atom. The van der Waals surface area contributed by atoms with Gasteiger partial charge >= 0.3 is 0 Å². The van der Waals surface area contributed by atoms with Crippen LogP contribution in [-0.2, 0) is 5.41 Å². The number of rotatable bonds is 5. The fraction of sp³-hybridized carbons (Fsp3) is 0.0638. The lowest BCUT2D eigenvalue weighted by Gasteiger charge is -2.29. The maximum Gasteiger partial charge on any atom is 0.0540 e. The van der Waals surface area contributed by atoms with Crippen molar-refractivity contribution >= 4 is 38.6 Å². The summed E-state index contributed by atoms with van der Waals surface area (Å²) in [7, 11) is 0. The molecule has 48 heavy (non-hydrogen) atoms. The lowest BCUT2D eigenvalue weighted by Crippen LogP contribution is -2.17. The second-order valence-corrected chi connectivity index (χ2v) is 13.4. The maximum atomic E-state index is 2.44. The van der Waals surface area contributed by atoms with Crippen LogP contribution in [-0.4, -0.2) is 0 Å². The molecule has 8 aromatic carbocycles. The zero-order chi connectivity index (χ0) is 32.2. The third kappa shape index (κ3) is 4.62. The van der Waals surface area contributed by atoms with Gasteiger partial charge in [-0.2, -0.15) is 0 Å². The van der Waals surface area contributed by atoms with Crippen LogP contribution in [0.3, 0.4) is 0 Å². The molecule has 9 rings (SSSR count). The molecule has 0 unspecified atom stereocenters. The van der Waals surface area contributed by atoms with Crippen LogP contribution in [0.25, 0.3) is 54.9 Å². The van der Waals surface area contributed by atoms with Gasteiger partial charge in [0, 0.05) is 22.2 Å². The zero-order valence-corrected chi connectivity index (χ0v) is 27.2. The minimum atomic E-state index is -0.158. The van der Waals surface area contributed by atoms with Crippen LogP contribution < -0.4 is 4.90 Å². The van der Waals surface area contributed by atoms with Crippen LogP contribution in [0.4, 0.5) is 17.1 Å². The number of fused-ring (bicyclic) bond motifs is 5. The Labute approximate surface area is 282 Å². The van der Waals surface area contributed by atoms with E-state index < -0.39 is 0 Å². The molecule has 0 aromatic heterocycles. The Kier molecular flexibility index (Phi) is 6.55. The van der Waals surface area contributed by atoms with Crippen molar-refractivity contribution in [1.82, 2.24) is 0 Å². The van der Waals surface area contributed by atoms with Crippen LogP contribution in [0, 0.1) is 0 Å². The summed E-state index contributed by atoms with van der Waals surface area (Å²) in [4.78, 5) is 2.44. The highest BCUT2D eigenvalue weighted by molar-refractivity contribution is 6.00. The van der Waals surface area contributed by atoms with Crippen molar-refractivity contribution < 1.29 is 0 Å². The standard InChI is InChI=1S/C47H35N/c1-47(2)44-30-38(35-21-19-34(20-22-35)32-11-4-3-5-12-32)24-27-42(44)43-28-26-40(31-45(43)47)48(39-25-23-33-13-6-7-15-37(33)29-39)46-18-10-16-36-14-8-9-17-41(36)46/h3-31H,1-2H3. The molecule has 228 valence electrons. The molecule has 1 heteroatoms. The van der Waals surface area contributed by atoms with Gasteiger partial charge in [0.05, 0.1) is 5.69 Å². The molecule has 0 saturated carbocycles. The van der Waals surface area contributed by atoms with E-state index in [9.17, 15) is 0 Å².